The molecule has 2 heterocycles. The molecule has 0 radical (unpaired) electrons. The van der Waals surface area contributed by atoms with Crippen LogP contribution in [0.2, 0.25) is 5.15 Å². The summed E-state index contributed by atoms with van der Waals surface area (Å²) < 4.78 is 5.48. The monoisotopic (exact) mass is 435 g/mol. The number of hydrogen-bond donors (Lipinski definition) is 0. The first kappa shape index (κ1) is 20.2. The zero-order valence-electron chi connectivity index (χ0n) is 16.2. The van der Waals surface area contributed by atoms with E-state index >= 15 is 0 Å². The Bertz CT molecular complexity index is 1110. The average Bonchev–Trinajstić information content (AvgIpc) is 3.06. The van der Waals surface area contributed by atoms with Crippen molar-refractivity contribution in [3.63, 3.8) is 0 Å². The summed E-state index contributed by atoms with van der Waals surface area (Å²) in [6.45, 7) is 2.55. The number of amidine groups is 1. The lowest BCUT2D eigenvalue weighted by molar-refractivity contribution is -0.113. The van der Waals surface area contributed by atoms with E-state index in [0.29, 0.717) is 22.4 Å². The van der Waals surface area contributed by atoms with Crippen molar-refractivity contribution < 1.29 is 9.53 Å². The molecule has 0 atom stereocenters. The number of nitrogens with zero attached hydrogens (tertiary/aromatic N) is 3. The molecule has 5 nitrogen and oxygen atoms in total. The third kappa shape index (κ3) is 4.40. The highest BCUT2D eigenvalue weighted by atomic mass is 35.5. The molecule has 30 heavy (non-hydrogen) atoms. The van der Waals surface area contributed by atoms with Crippen LogP contribution in [0.1, 0.15) is 12.5 Å². The van der Waals surface area contributed by atoms with Gasteiger partial charge < -0.3 is 4.74 Å². The number of anilines is 1. The van der Waals surface area contributed by atoms with Crippen molar-refractivity contribution in [2.75, 3.05) is 11.5 Å². The number of para-hydroxylation sites is 1. The lowest BCUT2D eigenvalue weighted by Crippen LogP contribution is -2.28. The standard InChI is InChI=1S/C23H18ClN3O2S/c1-2-29-18-12-10-16(11-13-18)15-20-22(28)27(17-7-4-3-5-8-17)23(30-20)26-19-9-6-14-25-21(19)24/h3-15H,2H2,1H3/b20-15-,26-23?. The first-order chi connectivity index (χ1) is 14.7. The largest absolute Gasteiger partial charge is 0.494 e. The molecule has 1 fully saturated rings. The van der Waals surface area contributed by atoms with E-state index in [1.165, 1.54) is 11.8 Å². The molecule has 1 amide bonds. The summed E-state index contributed by atoms with van der Waals surface area (Å²) in [4.78, 5) is 24.1. The van der Waals surface area contributed by atoms with Gasteiger partial charge in [-0.1, -0.05) is 41.9 Å². The highest BCUT2D eigenvalue weighted by Gasteiger charge is 2.34. The van der Waals surface area contributed by atoms with Crippen LogP contribution in [-0.4, -0.2) is 22.7 Å². The summed E-state index contributed by atoms with van der Waals surface area (Å²) in [5.74, 6) is 0.656. The van der Waals surface area contributed by atoms with E-state index in [-0.39, 0.29) is 11.1 Å². The quantitative estimate of drug-likeness (QED) is 0.367. The minimum Gasteiger partial charge on any atom is -0.494 e. The Balaban J connectivity index is 1.72. The predicted molar refractivity (Wildman–Crippen MR) is 123 cm³/mol. The molecule has 4 rings (SSSR count). The summed E-state index contributed by atoms with van der Waals surface area (Å²) >= 11 is 7.49. The van der Waals surface area contributed by atoms with Gasteiger partial charge >= 0.3 is 0 Å². The summed E-state index contributed by atoms with van der Waals surface area (Å²) in [6, 6.07) is 20.6. The predicted octanol–water partition coefficient (Wildman–Crippen LogP) is 5.94. The molecule has 0 spiro atoms. The van der Waals surface area contributed by atoms with Crippen LogP contribution in [0.3, 0.4) is 0 Å². The lowest BCUT2D eigenvalue weighted by Gasteiger charge is -2.15. The van der Waals surface area contributed by atoms with Crippen molar-refractivity contribution in [1.82, 2.24) is 4.98 Å². The van der Waals surface area contributed by atoms with Crippen LogP contribution in [0.25, 0.3) is 6.08 Å². The molecular weight excluding hydrogens is 418 g/mol. The maximum atomic E-state index is 13.2. The van der Waals surface area contributed by atoms with Gasteiger partial charge in [0.05, 0.1) is 17.2 Å². The molecule has 0 unspecified atom stereocenters. The second-order valence-corrected chi connectivity index (χ2v) is 7.66. The Morgan fingerprint density at radius 1 is 1.10 bits per heavy atom. The molecule has 1 saturated heterocycles. The number of carbonyl (C=O) groups is 1. The van der Waals surface area contributed by atoms with Gasteiger partial charge in [0.25, 0.3) is 5.91 Å². The number of ether oxygens (including phenoxy) is 1. The van der Waals surface area contributed by atoms with Gasteiger partial charge in [-0.15, -0.1) is 0 Å². The summed E-state index contributed by atoms with van der Waals surface area (Å²) in [6.07, 6.45) is 3.46. The van der Waals surface area contributed by atoms with Crippen molar-refractivity contribution >= 4 is 51.9 Å². The van der Waals surface area contributed by atoms with Crippen LogP contribution in [0.15, 0.2) is 82.8 Å². The molecule has 3 aromatic rings. The molecule has 1 aliphatic rings. The van der Waals surface area contributed by atoms with Crippen LogP contribution in [0, 0.1) is 0 Å². The number of aliphatic imine (C=N–C) groups is 1. The van der Waals surface area contributed by atoms with Crippen molar-refractivity contribution in [3.05, 3.63) is 88.5 Å². The average molecular weight is 436 g/mol. The number of pyridine rings is 1. The minimum absolute atomic E-state index is 0.140. The Kier molecular flexibility index (Phi) is 6.16. The number of amides is 1. The van der Waals surface area contributed by atoms with Crippen LogP contribution >= 0.6 is 23.4 Å². The molecule has 0 N–H and O–H groups in total. The van der Waals surface area contributed by atoms with E-state index in [1.807, 2.05) is 67.6 Å². The molecular formula is C23H18ClN3O2S. The maximum absolute atomic E-state index is 13.2. The van der Waals surface area contributed by atoms with Gasteiger partial charge in [-0.3, -0.25) is 9.69 Å². The zero-order chi connectivity index (χ0) is 20.9. The molecule has 150 valence electrons. The summed E-state index contributed by atoms with van der Waals surface area (Å²) in [5.41, 5.74) is 2.16. The molecule has 0 aliphatic carbocycles. The summed E-state index contributed by atoms with van der Waals surface area (Å²) in [5, 5.41) is 0.813. The number of carbonyl (C=O) groups excluding carboxylic acids is 1. The molecule has 0 bridgehead atoms. The van der Waals surface area contributed by atoms with Gasteiger partial charge in [0.15, 0.2) is 10.3 Å². The number of benzene rings is 2. The Morgan fingerprint density at radius 2 is 1.87 bits per heavy atom. The lowest BCUT2D eigenvalue weighted by atomic mass is 10.2. The third-order valence-corrected chi connectivity index (χ3v) is 5.53. The number of thioether (sulfide) groups is 1. The minimum atomic E-state index is -0.140. The first-order valence-electron chi connectivity index (χ1n) is 9.37. The van der Waals surface area contributed by atoms with Crippen molar-refractivity contribution in [3.8, 4) is 5.75 Å². The normalized spacial score (nSPS) is 16.5. The van der Waals surface area contributed by atoms with Crippen molar-refractivity contribution in [1.29, 1.82) is 0 Å². The third-order valence-electron chi connectivity index (χ3n) is 4.27. The highest BCUT2D eigenvalue weighted by Crippen LogP contribution is 2.38. The van der Waals surface area contributed by atoms with Gasteiger partial charge in [-0.05, 0) is 66.7 Å². The second kappa shape index (κ2) is 9.15. The highest BCUT2D eigenvalue weighted by molar-refractivity contribution is 8.19. The second-order valence-electron chi connectivity index (χ2n) is 6.30. The molecule has 7 heteroatoms. The Morgan fingerprint density at radius 3 is 2.57 bits per heavy atom. The van der Waals surface area contributed by atoms with Crippen LogP contribution in [0.4, 0.5) is 11.4 Å². The fourth-order valence-electron chi connectivity index (χ4n) is 2.90. The van der Waals surface area contributed by atoms with Gasteiger partial charge in [0.2, 0.25) is 0 Å². The zero-order valence-corrected chi connectivity index (χ0v) is 17.7. The first-order valence-corrected chi connectivity index (χ1v) is 10.6. The molecule has 1 aliphatic heterocycles. The fraction of sp³-hybridized carbons (Fsp3) is 0.0870. The van der Waals surface area contributed by atoms with E-state index < -0.39 is 0 Å². The maximum Gasteiger partial charge on any atom is 0.271 e. The topological polar surface area (TPSA) is 54.8 Å². The van der Waals surface area contributed by atoms with Gasteiger partial charge in [0, 0.05) is 6.20 Å². The van der Waals surface area contributed by atoms with E-state index in [2.05, 4.69) is 9.98 Å². The number of rotatable bonds is 5. The van der Waals surface area contributed by atoms with Crippen LogP contribution in [0.5, 0.6) is 5.75 Å². The number of halogens is 1. The van der Waals surface area contributed by atoms with Crippen molar-refractivity contribution in [2.24, 2.45) is 4.99 Å². The SMILES string of the molecule is CCOc1ccc(/C=C2\SC(=Nc3cccnc3Cl)N(c3ccccc3)C2=O)cc1. The van der Waals surface area contributed by atoms with E-state index in [9.17, 15) is 4.79 Å². The van der Waals surface area contributed by atoms with E-state index in [0.717, 1.165) is 17.0 Å². The van der Waals surface area contributed by atoms with Gasteiger partial charge in [-0.2, -0.15) is 0 Å². The number of aromatic nitrogens is 1. The van der Waals surface area contributed by atoms with Crippen LogP contribution in [-0.2, 0) is 4.79 Å². The fourth-order valence-corrected chi connectivity index (χ4v) is 4.05. The Labute approximate surface area is 184 Å². The van der Waals surface area contributed by atoms with E-state index in [4.69, 9.17) is 16.3 Å². The van der Waals surface area contributed by atoms with E-state index in [1.54, 1.807) is 23.2 Å². The molecule has 2 aromatic carbocycles. The van der Waals surface area contributed by atoms with Gasteiger partial charge in [-0.25, -0.2) is 9.98 Å². The molecule has 1 aromatic heterocycles. The number of hydrogen-bond acceptors (Lipinski definition) is 5. The van der Waals surface area contributed by atoms with Crippen LogP contribution < -0.4 is 9.64 Å². The summed E-state index contributed by atoms with van der Waals surface area (Å²) in [7, 11) is 0. The smallest absolute Gasteiger partial charge is 0.271 e. The van der Waals surface area contributed by atoms with Crippen molar-refractivity contribution in [2.45, 2.75) is 6.92 Å². The molecule has 0 saturated carbocycles. The Hall–Kier alpha value is -3.09. The van der Waals surface area contributed by atoms with Gasteiger partial charge in [0.1, 0.15) is 11.4 Å².